The average molecular weight is 413 g/mol. The molecule has 0 radical (unpaired) electrons. The van der Waals surface area contributed by atoms with Crippen molar-refractivity contribution < 1.29 is 34.3 Å². The molecule has 8 atom stereocenters. The molecule has 0 bridgehead atoms. The van der Waals surface area contributed by atoms with Gasteiger partial charge in [-0.25, -0.2) is 4.79 Å². The Balaban J connectivity index is 1.87. The van der Waals surface area contributed by atoms with E-state index >= 15 is 0 Å². The highest BCUT2D eigenvalue weighted by molar-refractivity contribution is 5.88. The lowest BCUT2D eigenvalue weighted by atomic mass is 9.46. The van der Waals surface area contributed by atoms with Crippen LogP contribution in [0.2, 0.25) is 0 Å². The fourth-order valence-corrected chi connectivity index (χ4v) is 6.31. The van der Waals surface area contributed by atoms with Crippen LogP contribution in [0.5, 0.6) is 0 Å². The minimum atomic E-state index is -1.58. The van der Waals surface area contributed by atoms with E-state index in [2.05, 4.69) is 20.8 Å². The zero-order chi connectivity index (χ0) is 21.6. The standard InChI is InChI=1S/C22H36O7/c1-13-9-10-21(3)14(17(24)25)7-6-8-15(21)20(13,2)11-12-22(26)16(23)18(27-4)29-19(22)28-5/h7,13,15-16,18-19,23,26H,6,8-12H2,1-5H3,(H,24,25)/t13-,15-,16+,18+,19+,20+,21+,22+/m1/s1. The Hall–Kier alpha value is -0.990. The summed E-state index contributed by atoms with van der Waals surface area (Å²) in [6.45, 7) is 6.52. The summed E-state index contributed by atoms with van der Waals surface area (Å²) in [5, 5.41) is 31.7. The molecule has 29 heavy (non-hydrogen) atoms. The van der Waals surface area contributed by atoms with Crippen molar-refractivity contribution in [2.75, 3.05) is 14.2 Å². The Morgan fingerprint density at radius 1 is 1.24 bits per heavy atom. The van der Waals surface area contributed by atoms with Crippen LogP contribution in [0.4, 0.5) is 0 Å². The molecule has 0 aromatic carbocycles. The van der Waals surface area contributed by atoms with E-state index in [4.69, 9.17) is 14.2 Å². The fourth-order valence-electron chi connectivity index (χ4n) is 6.31. The van der Waals surface area contributed by atoms with Crippen LogP contribution >= 0.6 is 0 Å². The van der Waals surface area contributed by atoms with Gasteiger partial charge in [0.05, 0.1) is 0 Å². The monoisotopic (exact) mass is 412 g/mol. The minimum absolute atomic E-state index is 0.180. The van der Waals surface area contributed by atoms with Crippen molar-refractivity contribution >= 4 is 5.97 Å². The SMILES string of the molecule is CO[C@H]1O[C@H](OC)[C@](O)(CC[C@@]2(C)[C@H](C)CC[C@@]3(C)C(C(=O)O)=CCC[C@H]23)[C@H]1O. The molecule has 1 heterocycles. The normalized spacial score (nSPS) is 47.6. The zero-order valence-corrected chi connectivity index (χ0v) is 18.2. The van der Waals surface area contributed by atoms with Crippen molar-refractivity contribution in [2.45, 2.75) is 83.6 Å². The predicted octanol–water partition coefficient (Wildman–Crippen LogP) is 2.70. The first kappa shape index (κ1) is 22.7. The Morgan fingerprint density at radius 3 is 2.52 bits per heavy atom. The van der Waals surface area contributed by atoms with Gasteiger partial charge in [-0.2, -0.15) is 0 Å². The van der Waals surface area contributed by atoms with Crippen molar-refractivity contribution in [2.24, 2.45) is 22.7 Å². The molecule has 0 spiro atoms. The first-order valence-electron chi connectivity index (χ1n) is 10.6. The molecule has 0 aromatic rings. The molecule has 1 aliphatic heterocycles. The van der Waals surface area contributed by atoms with Crippen LogP contribution in [0.15, 0.2) is 11.6 Å². The van der Waals surface area contributed by atoms with Crippen LogP contribution in [0.25, 0.3) is 0 Å². The van der Waals surface area contributed by atoms with Crippen LogP contribution in [0.1, 0.15) is 59.3 Å². The van der Waals surface area contributed by atoms with Crippen molar-refractivity contribution in [1.82, 2.24) is 0 Å². The quantitative estimate of drug-likeness (QED) is 0.616. The molecule has 0 unspecified atom stereocenters. The first-order valence-corrected chi connectivity index (χ1v) is 10.6. The highest BCUT2D eigenvalue weighted by atomic mass is 16.8. The average Bonchev–Trinajstić information content (AvgIpc) is 2.93. The molecule has 2 aliphatic carbocycles. The maximum absolute atomic E-state index is 11.9. The summed E-state index contributed by atoms with van der Waals surface area (Å²) in [5.41, 5.74) is -1.61. The van der Waals surface area contributed by atoms with E-state index < -0.39 is 30.3 Å². The molecule has 1 saturated carbocycles. The molecule has 2 fully saturated rings. The van der Waals surface area contributed by atoms with Crippen LogP contribution in [-0.2, 0) is 19.0 Å². The second-order valence-electron chi connectivity index (χ2n) is 9.66. The largest absolute Gasteiger partial charge is 0.478 e. The number of hydrogen-bond donors (Lipinski definition) is 3. The summed E-state index contributed by atoms with van der Waals surface area (Å²) in [7, 11) is 2.86. The predicted molar refractivity (Wildman–Crippen MR) is 106 cm³/mol. The summed E-state index contributed by atoms with van der Waals surface area (Å²) in [5.74, 6) is -0.261. The van der Waals surface area contributed by atoms with Crippen molar-refractivity contribution in [3.05, 3.63) is 11.6 Å². The van der Waals surface area contributed by atoms with E-state index in [-0.39, 0.29) is 23.2 Å². The molecule has 1 saturated heterocycles. The van der Waals surface area contributed by atoms with Gasteiger partial charge >= 0.3 is 5.97 Å². The molecule has 3 N–H and O–H groups in total. The molecule has 7 nitrogen and oxygen atoms in total. The molecule has 3 rings (SSSR count). The Bertz CT molecular complexity index is 660. The number of carboxylic acids is 1. The summed E-state index contributed by atoms with van der Waals surface area (Å²) < 4.78 is 16.0. The molecule has 0 amide bonds. The maximum atomic E-state index is 11.9. The third-order valence-electron chi connectivity index (χ3n) is 8.38. The molecule has 7 heteroatoms. The number of aliphatic hydroxyl groups excluding tert-OH is 1. The minimum Gasteiger partial charge on any atom is -0.478 e. The van der Waals surface area contributed by atoms with Gasteiger partial charge in [-0.15, -0.1) is 0 Å². The summed E-state index contributed by atoms with van der Waals surface area (Å²) >= 11 is 0. The number of fused-ring (bicyclic) bond motifs is 1. The van der Waals surface area contributed by atoms with Crippen LogP contribution in [0, 0.1) is 22.7 Å². The number of aliphatic hydroxyl groups is 2. The number of allylic oxidation sites excluding steroid dienone is 1. The molecular weight excluding hydrogens is 376 g/mol. The summed E-state index contributed by atoms with van der Waals surface area (Å²) in [4.78, 5) is 11.9. The summed E-state index contributed by atoms with van der Waals surface area (Å²) in [6, 6.07) is 0. The third kappa shape index (κ3) is 3.45. The van der Waals surface area contributed by atoms with Crippen LogP contribution in [-0.4, -0.2) is 59.8 Å². The Labute approximate surface area is 173 Å². The third-order valence-corrected chi connectivity index (χ3v) is 8.38. The zero-order valence-electron chi connectivity index (χ0n) is 18.2. The van der Waals surface area contributed by atoms with E-state index in [1.54, 1.807) is 0 Å². The molecule has 0 aromatic heterocycles. The van der Waals surface area contributed by atoms with Crippen LogP contribution < -0.4 is 0 Å². The van der Waals surface area contributed by atoms with E-state index in [9.17, 15) is 20.1 Å². The van der Waals surface area contributed by atoms with Crippen molar-refractivity contribution in [3.63, 3.8) is 0 Å². The number of rotatable bonds is 6. The van der Waals surface area contributed by atoms with E-state index in [0.717, 1.165) is 25.7 Å². The first-order chi connectivity index (χ1) is 13.5. The van der Waals surface area contributed by atoms with Crippen LogP contribution in [0.3, 0.4) is 0 Å². The Kier molecular flexibility index (Phi) is 6.20. The number of methoxy groups -OCH3 is 2. The summed E-state index contributed by atoms with van der Waals surface area (Å²) in [6.07, 6.45) is 3.15. The highest BCUT2D eigenvalue weighted by Gasteiger charge is 2.59. The second-order valence-corrected chi connectivity index (χ2v) is 9.66. The molecule has 3 aliphatic rings. The van der Waals surface area contributed by atoms with Gasteiger partial charge in [0.2, 0.25) is 0 Å². The number of carbonyl (C=O) groups is 1. The van der Waals surface area contributed by atoms with E-state index in [1.165, 1.54) is 14.2 Å². The fraction of sp³-hybridized carbons (Fsp3) is 0.864. The van der Waals surface area contributed by atoms with Gasteiger partial charge < -0.3 is 29.5 Å². The number of hydrogen-bond acceptors (Lipinski definition) is 6. The van der Waals surface area contributed by atoms with E-state index in [0.29, 0.717) is 17.9 Å². The Morgan fingerprint density at radius 2 is 1.93 bits per heavy atom. The van der Waals surface area contributed by atoms with Crippen molar-refractivity contribution in [3.8, 4) is 0 Å². The van der Waals surface area contributed by atoms with Gasteiger partial charge in [-0.05, 0) is 55.8 Å². The number of carboxylic acid groups (broad SMARTS) is 1. The van der Waals surface area contributed by atoms with E-state index in [1.807, 2.05) is 6.08 Å². The van der Waals surface area contributed by atoms with Gasteiger partial charge in [0.15, 0.2) is 12.6 Å². The number of ether oxygens (including phenoxy) is 3. The topological polar surface area (TPSA) is 105 Å². The van der Waals surface area contributed by atoms with Gasteiger partial charge in [0.25, 0.3) is 0 Å². The lowest BCUT2D eigenvalue weighted by molar-refractivity contribution is -0.221. The molecular formula is C22H36O7. The van der Waals surface area contributed by atoms with Gasteiger partial charge in [-0.1, -0.05) is 26.8 Å². The van der Waals surface area contributed by atoms with Gasteiger partial charge in [-0.3, -0.25) is 0 Å². The number of aliphatic carboxylic acids is 1. The highest BCUT2D eigenvalue weighted by Crippen LogP contribution is 2.62. The smallest absolute Gasteiger partial charge is 0.331 e. The lowest BCUT2D eigenvalue weighted by Gasteiger charge is -2.58. The second kappa shape index (κ2) is 7.93. The van der Waals surface area contributed by atoms with Gasteiger partial charge in [0.1, 0.15) is 11.7 Å². The van der Waals surface area contributed by atoms with Gasteiger partial charge in [0, 0.05) is 25.2 Å². The van der Waals surface area contributed by atoms with Crippen molar-refractivity contribution in [1.29, 1.82) is 0 Å². The molecule has 166 valence electrons. The maximum Gasteiger partial charge on any atom is 0.331 e. The lowest BCUT2D eigenvalue weighted by Crippen LogP contribution is -2.54.